The number of nitrogen functional groups attached to an aromatic ring is 1. The van der Waals surface area contributed by atoms with E-state index in [4.69, 9.17) is 10.5 Å². The normalized spacial score (nSPS) is 12.0. The summed E-state index contributed by atoms with van der Waals surface area (Å²) in [5.41, 5.74) is 7.34. The third kappa shape index (κ3) is 2.27. The first-order chi connectivity index (χ1) is 7.35. The van der Waals surface area contributed by atoms with E-state index in [1.54, 1.807) is 11.3 Å². The zero-order valence-electron chi connectivity index (χ0n) is 10.00. The zero-order chi connectivity index (χ0) is 11.9. The van der Waals surface area contributed by atoms with Crippen molar-refractivity contribution in [1.29, 1.82) is 0 Å². The summed E-state index contributed by atoms with van der Waals surface area (Å²) in [4.78, 5) is 4.43. The number of hydrogen-bond acceptors (Lipinski definition) is 4. The zero-order valence-corrected chi connectivity index (χ0v) is 10.8. The fraction of sp³-hybridized carbons (Fsp3) is 0.417. The minimum Gasteiger partial charge on any atom is -0.486 e. The Bertz CT molecular complexity index is 526. The molecule has 2 rings (SSSR count). The molecule has 16 heavy (non-hydrogen) atoms. The van der Waals surface area contributed by atoms with Gasteiger partial charge in [-0.1, -0.05) is 0 Å². The van der Waals surface area contributed by atoms with Crippen molar-refractivity contribution in [3.8, 4) is 5.75 Å². The van der Waals surface area contributed by atoms with Gasteiger partial charge < -0.3 is 10.5 Å². The van der Waals surface area contributed by atoms with Gasteiger partial charge in [0.15, 0.2) is 0 Å². The third-order valence-corrected chi connectivity index (χ3v) is 2.98. The predicted molar refractivity (Wildman–Crippen MR) is 69.2 cm³/mol. The van der Waals surface area contributed by atoms with Gasteiger partial charge in [0.05, 0.1) is 20.9 Å². The lowest BCUT2D eigenvalue weighted by Crippen LogP contribution is -2.23. The highest BCUT2D eigenvalue weighted by atomic mass is 32.1. The fourth-order valence-corrected chi connectivity index (χ4v) is 2.36. The van der Waals surface area contributed by atoms with E-state index in [2.05, 4.69) is 4.98 Å². The molecular formula is C12H16N2OS. The number of nitrogens with zero attached hydrogens (tertiary/aromatic N) is 1. The van der Waals surface area contributed by atoms with Crippen molar-refractivity contribution >= 4 is 27.2 Å². The molecule has 0 saturated heterocycles. The van der Waals surface area contributed by atoms with E-state index in [1.807, 2.05) is 39.8 Å². The molecule has 1 aromatic heterocycles. The second kappa shape index (κ2) is 3.63. The maximum absolute atomic E-state index is 5.96. The molecule has 0 bridgehead atoms. The molecule has 0 spiro atoms. The summed E-state index contributed by atoms with van der Waals surface area (Å²) in [5.74, 6) is 0.713. The molecule has 0 aliphatic rings. The van der Waals surface area contributed by atoms with Crippen molar-refractivity contribution < 1.29 is 4.74 Å². The van der Waals surface area contributed by atoms with Gasteiger partial charge in [0, 0.05) is 6.07 Å². The van der Waals surface area contributed by atoms with Gasteiger partial charge in [-0.3, -0.25) is 0 Å². The number of nitrogens with two attached hydrogens (primary N) is 1. The number of ether oxygens (including phenoxy) is 1. The fourth-order valence-electron chi connectivity index (χ4n) is 1.50. The van der Waals surface area contributed by atoms with Gasteiger partial charge in [-0.15, -0.1) is 11.3 Å². The molecule has 0 radical (unpaired) electrons. The molecule has 1 aromatic carbocycles. The summed E-state index contributed by atoms with van der Waals surface area (Å²) in [7, 11) is 0. The van der Waals surface area contributed by atoms with Crippen molar-refractivity contribution in [3.63, 3.8) is 0 Å². The van der Waals surface area contributed by atoms with E-state index in [0.717, 1.165) is 15.2 Å². The topological polar surface area (TPSA) is 48.1 Å². The molecule has 0 atom stereocenters. The Hall–Kier alpha value is -1.29. The molecule has 1 heterocycles. The van der Waals surface area contributed by atoms with E-state index >= 15 is 0 Å². The number of anilines is 1. The maximum Gasteiger partial charge on any atom is 0.145 e. The van der Waals surface area contributed by atoms with Crippen LogP contribution in [0.4, 0.5) is 5.69 Å². The summed E-state index contributed by atoms with van der Waals surface area (Å²) >= 11 is 1.65. The van der Waals surface area contributed by atoms with E-state index in [-0.39, 0.29) is 5.60 Å². The Balaban J connectivity index is 2.49. The number of benzene rings is 1. The first-order valence-electron chi connectivity index (χ1n) is 5.21. The van der Waals surface area contributed by atoms with Crippen LogP contribution < -0.4 is 10.5 Å². The number of aromatic nitrogens is 1. The molecule has 2 N–H and O–H groups in total. The molecule has 0 amide bonds. The summed E-state index contributed by atoms with van der Waals surface area (Å²) < 4.78 is 6.90. The van der Waals surface area contributed by atoms with Crippen LogP contribution in [0.25, 0.3) is 10.2 Å². The minimum absolute atomic E-state index is 0.243. The van der Waals surface area contributed by atoms with Crippen LogP contribution in [-0.4, -0.2) is 10.6 Å². The van der Waals surface area contributed by atoms with Crippen LogP contribution in [0.15, 0.2) is 12.1 Å². The van der Waals surface area contributed by atoms with Gasteiger partial charge in [0.2, 0.25) is 0 Å². The Morgan fingerprint density at radius 1 is 1.31 bits per heavy atom. The van der Waals surface area contributed by atoms with E-state index in [0.29, 0.717) is 11.4 Å². The second-order valence-electron chi connectivity index (χ2n) is 4.81. The van der Waals surface area contributed by atoms with Crippen LogP contribution >= 0.6 is 11.3 Å². The first kappa shape index (κ1) is 11.2. The van der Waals surface area contributed by atoms with Crippen molar-refractivity contribution in [3.05, 3.63) is 17.1 Å². The summed E-state index contributed by atoms with van der Waals surface area (Å²) in [6, 6.07) is 3.85. The average Bonchev–Trinajstić information content (AvgIpc) is 2.42. The van der Waals surface area contributed by atoms with Crippen molar-refractivity contribution in [2.24, 2.45) is 0 Å². The van der Waals surface area contributed by atoms with Crippen molar-refractivity contribution in [1.82, 2.24) is 4.98 Å². The van der Waals surface area contributed by atoms with Gasteiger partial charge >= 0.3 is 0 Å². The SMILES string of the molecule is Cc1nc2cc(OC(C)(C)C)c(N)cc2s1. The first-order valence-corrected chi connectivity index (χ1v) is 6.02. The van der Waals surface area contributed by atoms with Gasteiger partial charge in [0.25, 0.3) is 0 Å². The Morgan fingerprint density at radius 2 is 2.00 bits per heavy atom. The summed E-state index contributed by atoms with van der Waals surface area (Å²) in [6.07, 6.45) is 0. The van der Waals surface area contributed by atoms with Crippen LogP contribution in [0.2, 0.25) is 0 Å². The van der Waals surface area contributed by atoms with E-state index in [1.165, 1.54) is 0 Å². The number of fused-ring (bicyclic) bond motifs is 1. The molecule has 2 aromatic rings. The van der Waals surface area contributed by atoms with Gasteiger partial charge in [-0.25, -0.2) is 4.98 Å². The van der Waals surface area contributed by atoms with E-state index < -0.39 is 0 Å². The predicted octanol–water partition coefficient (Wildman–Crippen LogP) is 3.36. The second-order valence-corrected chi connectivity index (χ2v) is 6.04. The van der Waals surface area contributed by atoms with Crippen LogP contribution in [0.5, 0.6) is 5.75 Å². The highest BCUT2D eigenvalue weighted by Crippen LogP contribution is 2.33. The van der Waals surface area contributed by atoms with Gasteiger partial charge in [0.1, 0.15) is 11.4 Å². The monoisotopic (exact) mass is 236 g/mol. The molecular weight excluding hydrogens is 220 g/mol. The molecule has 0 aliphatic carbocycles. The van der Waals surface area contributed by atoms with Gasteiger partial charge in [-0.2, -0.15) is 0 Å². The quantitative estimate of drug-likeness (QED) is 0.772. The van der Waals surface area contributed by atoms with Gasteiger partial charge in [-0.05, 0) is 33.8 Å². The Morgan fingerprint density at radius 3 is 2.62 bits per heavy atom. The Kier molecular flexibility index (Phi) is 2.54. The minimum atomic E-state index is -0.243. The molecule has 0 unspecified atom stereocenters. The van der Waals surface area contributed by atoms with Crippen molar-refractivity contribution in [2.45, 2.75) is 33.3 Å². The highest BCUT2D eigenvalue weighted by molar-refractivity contribution is 7.18. The molecule has 0 saturated carbocycles. The maximum atomic E-state index is 5.96. The number of rotatable bonds is 1. The van der Waals surface area contributed by atoms with Crippen LogP contribution in [0.3, 0.4) is 0 Å². The van der Waals surface area contributed by atoms with E-state index in [9.17, 15) is 0 Å². The number of aryl methyl sites for hydroxylation is 1. The lowest BCUT2D eigenvalue weighted by molar-refractivity contribution is 0.132. The molecule has 3 nitrogen and oxygen atoms in total. The standard InChI is InChI=1S/C12H16N2OS/c1-7-14-9-6-10(15-12(2,3)4)8(13)5-11(9)16-7/h5-6H,13H2,1-4H3. The molecule has 86 valence electrons. The van der Waals surface area contributed by atoms with Crippen LogP contribution in [0.1, 0.15) is 25.8 Å². The molecule has 0 aliphatic heterocycles. The molecule has 0 fully saturated rings. The lowest BCUT2D eigenvalue weighted by atomic mass is 10.2. The average molecular weight is 236 g/mol. The third-order valence-electron chi connectivity index (χ3n) is 2.04. The number of thiazole rings is 1. The van der Waals surface area contributed by atoms with Crippen LogP contribution in [0, 0.1) is 6.92 Å². The van der Waals surface area contributed by atoms with Crippen molar-refractivity contribution in [2.75, 3.05) is 5.73 Å². The Labute approximate surface area is 99.3 Å². The number of hydrogen-bond donors (Lipinski definition) is 1. The molecule has 4 heteroatoms. The largest absolute Gasteiger partial charge is 0.486 e. The highest BCUT2D eigenvalue weighted by Gasteiger charge is 2.15. The van der Waals surface area contributed by atoms with Crippen LogP contribution in [-0.2, 0) is 0 Å². The summed E-state index contributed by atoms with van der Waals surface area (Å²) in [5, 5.41) is 1.04. The smallest absolute Gasteiger partial charge is 0.145 e. The summed E-state index contributed by atoms with van der Waals surface area (Å²) in [6.45, 7) is 8.00. The lowest BCUT2D eigenvalue weighted by Gasteiger charge is -2.22.